The quantitative estimate of drug-likeness (QED) is 0.614. The van der Waals surface area contributed by atoms with E-state index >= 15 is 0 Å². The van der Waals surface area contributed by atoms with Gasteiger partial charge in [0, 0.05) is 49.9 Å². The third kappa shape index (κ3) is 4.65. The standard InChI is InChI=1S/C18H22F2N4O/c1-4-22-18(21-3)23-12(2)10-14-8-9-16(25)24(14)11-13-6-5-7-15(19)17(13)20/h4-7,14H,1-2,8-11H2,3H3,(H2,21,22,23). The molecule has 0 aliphatic carbocycles. The van der Waals surface area contributed by atoms with Gasteiger partial charge in [-0.3, -0.25) is 4.79 Å². The number of hydrogen-bond donors (Lipinski definition) is 2. The minimum absolute atomic E-state index is 0.0417. The van der Waals surface area contributed by atoms with E-state index in [9.17, 15) is 13.6 Å². The van der Waals surface area contributed by atoms with Crippen molar-refractivity contribution in [3.05, 3.63) is 60.5 Å². The van der Waals surface area contributed by atoms with E-state index < -0.39 is 11.6 Å². The lowest BCUT2D eigenvalue weighted by molar-refractivity contribution is -0.129. The first-order valence-corrected chi connectivity index (χ1v) is 7.99. The van der Waals surface area contributed by atoms with Crippen molar-refractivity contribution in [3.8, 4) is 0 Å². The van der Waals surface area contributed by atoms with Crippen molar-refractivity contribution in [3.63, 3.8) is 0 Å². The summed E-state index contributed by atoms with van der Waals surface area (Å²) in [5, 5.41) is 5.88. The maximum absolute atomic E-state index is 13.9. The lowest BCUT2D eigenvalue weighted by atomic mass is 10.1. The van der Waals surface area contributed by atoms with Crippen LogP contribution in [0.3, 0.4) is 0 Å². The molecule has 0 saturated carbocycles. The van der Waals surface area contributed by atoms with Crippen molar-refractivity contribution >= 4 is 11.9 Å². The number of carbonyl (C=O) groups is 1. The lowest BCUT2D eigenvalue weighted by Gasteiger charge is -2.26. The minimum Gasteiger partial charge on any atom is -0.359 e. The SMILES string of the molecule is C=C/N=C(\NC)NC(=C)CC1CCC(=O)N1Cc1cccc(F)c1F. The fraction of sp³-hybridized carbons (Fsp3) is 0.333. The topological polar surface area (TPSA) is 56.7 Å². The summed E-state index contributed by atoms with van der Waals surface area (Å²) in [4.78, 5) is 17.7. The number of likely N-dealkylation sites (tertiary alicyclic amines) is 1. The molecule has 2 rings (SSSR count). The summed E-state index contributed by atoms with van der Waals surface area (Å²) in [7, 11) is 1.71. The monoisotopic (exact) mass is 348 g/mol. The zero-order valence-electron chi connectivity index (χ0n) is 14.2. The second-order valence-corrected chi connectivity index (χ2v) is 5.77. The highest BCUT2D eigenvalue weighted by atomic mass is 19.2. The van der Waals surface area contributed by atoms with Crippen molar-refractivity contribution in [2.24, 2.45) is 4.99 Å². The predicted octanol–water partition coefficient (Wildman–Crippen LogP) is 2.67. The number of nitrogens with zero attached hydrogens (tertiary/aromatic N) is 2. The van der Waals surface area contributed by atoms with Gasteiger partial charge in [-0.1, -0.05) is 25.3 Å². The van der Waals surface area contributed by atoms with E-state index in [1.807, 2.05) is 0 Å². The third-order valence-corrected chi connectivity index (χ3v) is 4.06. The zero-order chi connectivity index (χ0) is 18.4. The van der Waals surface area contributed by atoms with Gasteiger partial charge in [0.1, 0.15) is 0 Å². The number of hydrogen-bond acceptors (Lipinski definition) is 2. The fourth-order valence-electron chi connectivity index (χ4n) is 2.83. The Balaban J connectivity index is 2.06. The molecule has 1 aromatic rings. The number of benzene rings is 1. The number of nitrogens with one attached hydrogen (secondary N) is 2. The van der Waals surface area contributed by atoms with E-state index in [4.69, 9.17) is 0 Å². The van der Waals surface area contributed by atoms with Gasteiger partial charge >= 0.3 is 0 Å². The molecule has 1 unspecified atom stereocenters. The van der Waals surface area contributed by atoms with Gasteiger partial charge in [0.15, 0.2) is 17.6 Å². The van der Waals surface area contributed by atoms with E-state index in [0.717, 1.165) is 6.07 Å². The molecule has 1 aliphatic heterocycles. The Hall–Kier alpha value is -2.70. The number of halogens is 2. The molecule has 5 nitrogen and oxygen atoms in total. The van der Waals surface area contributed by atoms with E-state index in [2.05, 4.69) is 28.8 Å². The Bertz CT molecular complexity index is 702. The van der Waals surface area contributed by atoms with Gasteiger partial charge in [-0.15, -0.1) is 0 Å². The van der Waals surface area contributed by atoms with Crippen molar-refractivity contribution in [1.82, 2.24) is 15.5 Å². The number of guanidine groups is 1. The number of carbonyl (C=O) groups excluding carboxylic acids is 1. The van der Waals surface area contributed by atoms with Crippen molar-refractivity contribution in [1.29, 1.82) is 0 Å². The van der Waals surface area contributed by atoms with Crippen LogP contribution in [0.15, 0.2) is 48.2 Å². The van der Waals surface area contributed by atoms with Gasteiger partial charge in [0.2, 0.25) is 5.91 Å². The van der Waals surface area contributed by atoms with Gasteiger partial charge in [-0.05, 0) is 12.5 Å². The van der Waals surface area contributed by atoms with E-state index in [0.29, 0.717) is 30.9 Å². The fourth-order valence-corrected chi connectivity index (χ4v) is 2.83. The van der Waals surface area contributed by atoms with Crippen molar-refractivity contribution < 1.29 is 13.6 Å². The lowest BCUT2D eigenvalue weighted by Crippen LogP contribution is -2.37. The first kappa shape index (κ1) is 18.6. The zero-order valence-corrected chi connectivity index (χ0v) is 14.2. The Labute approximate surface area is 146 Å². The molecule has 1 aromatic carbocycles. The molecule has 1 saturated heterocycles. The summed E-state index contributed by atoms with van der Waals surface area (Å²) >= 11 is 0. The highest BCUT2D eigenvalue weighted by molar-refractivity contribution is 5.82. The second kappa shape index (κ2) is 8.41. The van der Waals surface area contributed by atoms with Crippen molar-refractivity contribution in [2.45, 2.75) is 31.8 Å². The number of rotatable bonds is 6. The first-order chi connectivity index (χ1) is 12.0. The molecule has 1 heterocycles. The Kier molecular flexibility index (Phi) is 6.27. The maximum atomic E-state index is 13.9. The molecular weight excluding hydrogens is 326 g/mol. The van der Waals surface area contributed by atoms with Gasteiger partial charge in [-0.2, -0.15) is 0 Å². The first-order valence-electron chi connectivity index (χ1n) is 7.99. The number of amides is 1. The average Bonchev–Trinajstić information content (AvgIpc) is 2.91. The minimum atomic E-state index is -0.911. The van der Waals surface area contributed by atoms with Gasteiger partial charge < -0.3 is 15.5 Å². The largest absolute Gasteiger partial charge is 0.359 e. The normalized spacial score (nSPS) is 17.6. The highest BCUT2D eigenvalue weighted by Crippen LogP contribution is 2.26. The Morgan fingerprint density at radius 1 is 1.48 bits per heavy atom. The van der Waals surface area contributed by atoms with E-state index in [-0.39, 0.29) is 24.1 Å². The molecule has 0 bridgehead atoms. The van der Waals surface area contributed by atoms with Crippen LogP contribution < -0.4 is 10.6 Å². The van der Waals surface area contributed by atoms with Crippen LogP contribution in [-0.2, 0) is 11.3 Å². The van der Waals surface area contributed by atoms with Crippen LogP contribution in [0, 0.1) is 11.6 Å². The molecule has 0 aromatic heterocycles. The Morgan fingerprint density at radius 3 is 2.92 bits per heavy atom. The number of aliphatic imine (C=N–C) groups is 1. The van der Waals surface area contributed by atoms with Crippen molar-refractivity contribution in [2.75, 3.05) is 7.05 Å². The van der Waals surface area contributed by atoms with Gasteiger partial charge in [0.05, 0.1) is 0 Å². The smallest absolute Gasteiger partial charge is 0.223 e. The van der Waals surface area contributed by atoms with Crippen LogP contribution in [0.1, 0.15) is 24.8 Å². The molecule has 1 amide bonds. The van der Waals surface area contributed by atoms with E-state index in [1.165, 1.54) is 18.3 Å². The molecule has 2 N–H and O–H groups in total. The predicted molar refractivity (Wildman–Crippen MR) is 93.5 cm³/mol. The van der Waals surface area contributed by atoms with E-state index in [1.54, 1.807) is 11.9 Å². The summed E-state index contributed by atoms with van der Waals surface area (Å²) < 4.78 is 27.3. The van der Waals surface area contributed by atoms with Crippen LogP contribution in [-0.4, -0.2) is 29.9 Å². The summed E-state index contributed by atoms with van der Waals surface area (Å²) in [6.45, 7) is 7.52. The molecule has 0 spiro atoms. The van der Waals surface area contributed by atoms with Crippen LogP contribution in [0.5, 0.6) is 0 Å². The van der Waals surface area contributed by atoms with Gasteiger partial charge in [0.25, 0.3) is 0 Å². The second-order valence-electron chi connectivity index (χ2n) is 5.77. The molecular formula is C18H22F2N4O. The molecule has 1 atom stereocenters. The summed E-state index contributed by atoms with van der Waals surface area (Å²) in [6, 6.07) is 3.86. The molecule has 7 heteroatoms. The highest BCUT2D eigenvalue weighted by Gasteiger charge is 2.32. The molecule has 0 radical (unpaired) electrons. The van der Waals surface area contributed by atoms with Crippen LogP contribution in [0.4, 0.5) is 8.78 Å². The van der Waals surface area contributed by atoms with Crippen LogP contribution >= 0.6 is 0 Å². The van der Waals surface area contributed by atoms with Gasteiger partial charge in [-0.25, -0.2) is 13.8 Å². The summed E-state index contributed by atoms with van der Waals surface area (Å²) in [6.07, 6.45) is 2.91. The molecule has 134 valence electrons. The average molecular weight is 348 g/mol. The summed E-state index contributed by atoms with van der Waals surface area (Å²) in [5.41, 5.74) is 0.835. The maximum Gasteiger partial charge on any atom is 0.223 e. The van der Waals surface area contributed by atoms with Crippen LogP contribution in [0.2, 0.25) is 0 Å². The Morgan fingerprint density at radius 2 is 2.24 bits per heavy atom. The summed E-state index contributed by atoms with van der Waals surface area (Å²) in [5.74, 6) is -1.40. The molecule has 1 aliphatic rings. The molecule has 25 heavy (non-hydrogen) atoms. The van der Waals surface area contributed by atoms with Crippen LogP contribution in [0.25, 0.3) is 0 Å². The third-order valence-electron chi connectivity index (χ3n) is 4.06. The molecule has 1 fully saturated rings.